The molecule has 6 atom stereocenters. The van der Waals surface area contributed by atoms with Gasteiger partial charge < -0.3 is 0 Å². The first-order valence-corrected chi connectivity index (χ1v) is 10.1. The zero-order valence-corrected chi connectivity index (χ0v) is 16.5. The minimum absolute atomic E-state index is 0.0224. The normalized spacial score (nSPS) is 33.6. The summed E-state index contributed by atoms with van der Waals surface area (Å²) in [4.78, 5) is 39.9. The molecule has 1 heterocycles. The van der Waals surface area contributed by atoms with E-state index in [1.165, 1.54) is 12.1 Å². The standard InChI is InChI=1S/C22H21F3N2O3/c1-10-5-11(2)7-12(6-10)26(21(30)22(23,24)25)9-27-19(28)17-13-3-4-14(16-8-15(13)16)18(17)20(27)29/h3-7,13-18H,8-9H2,1-2H3/t13-,14-,15-,16-,17-,18+/m0/s1. The molecule has 3 fully saturated rings. The second-order valence-corrected chi connectivity index (χ2v) is 8.98. The van der Waals surface area contributed by atoms with Crippen LogP contribution in [-0.4, -0.2) is 35.5 Å². The molecule has 0 unspecified atom stereocenters. The van der Waals surface area contributed by atoms with Gasteiger partial charge in [0, 0.05) is 5.69 Å². The van der Waals surface area contributed by atoms with Gasteiger partial charge in [0.2, 0.25) is 11.8 Å². The maximum atomic E-state index is 13.4. The summed E-state index contributed by atoms with van der Waals surface area (Å²) in [6.45, 7) is 2.70. The van der Waals surface area contributed by atoms with Crippen LogP contribution >= 0.6 is 0 Å². The number of carbonyl (C=O) groups excluding carboxylic acids is 3. The average molecular weight is 418 g/mol. The molecule has 0 N–H and O–H groups in total. The van der Waals surface area contributed by atoms with E-state index in [9.17, 15) is 27.6 Å². The number of alkyl halides is 3. The Kier molecular flexibility index (Phi) is 3.98. The first kappa shape index (κ1) is 19.3. The van der Waals surface area contributed by atoms with Crippen molar-refractivity contribution in [2.24, 2.45) is 35.5 Å². The summed E-state index contributed by atoms with van der Waals surface area (Å²) in [5.41, 5.74) is 1.38. The lowest BCUT2D eigenvalue weighted by atomic mass is 9.63. The van der Waals surface area contributed by atoms with Crippen molar-refractivity contribution in [3.8, 4) is 0 Å². The number of rotatable bonds is 3. The lowest BCUT2D eigenvalue weighted by Gasteiger charge is -2.37. The quantitative estimate of drug-likeness (QED) is 0.560. The molecule has 8 heteroatoms. The molecule has 6 rings (SSSR count). The minimum atomic E-state index is -5.13. The molecule has 4 aliphatic carbocycles. The van der Waals surface area contributed by atoms with Gasteiger partial charge >= 0.3 is 12.1 Å². The van der Waals surface area contributed by atoms with Crippen LogP contribution in [0.25, 0.3) is 0 Å². The number of benzene rings is 1. The summed E-state index contributed by atoms with van der Waals surface area (Å²) in [5, 5.41) is 0. The highest BCUT2D eigenvalue weighted by atomic mass is 19.4. The highest BCUT2D eigenvalue weighted by Gasteiger charge is 2.67. The van der Waals surface area contributed by atoms with Gasteiger partial charge in [0.1, 0.15) is 6.67 Å². The summed E-state index contributed by atoms with van der Waals surface area (Å²) >= 11 is 0. The summed E-state index contributed by atoms with van der Waals surface area (Å²) in [6, 6.07) is 4.68. The van der Waals surface area contributed by atoms with Crippen molar-refractivity contribution in [1.29, 1.82) is 0 Å². The highest BCUT2D eigenvalue weighted by molar-refractivity contribution is 6.07. The number of amides is 3. The predicted molar refractivity (Wildman–Crippen MR) is 101 cm³/mol. The monoisotopic (exact) mass is 418 g/mol. The molecule has 158 valence electrons. The highest BCUT2D eigenvalue weighted by Crippen LogP contribution is 2.65. The molecule has 1 saturated heterocycles. The first-order chi connectivity index (χ1) is 14.1. The third-order valence-electron chi connectivity index (χ3n) is 7.04. The summed E-state index contributed by atoms with van der Waals surface area (Å²) in [5.74, 6) is -3.31. The van der Waals surface area contributed by atoms with Crippen LogP contribution in [0.1, 0.15) is 17.5 Å². The number of allylic oxidation sites excluding steroid dienone is 2. The van der Waals surface area contributed by atoms with Crippen molar-refractivity contribution in [2.45, 2.75) is 26.4 Å². The molecule has 0 radical (unpaired) electrons. The van der Waals surface area contributed by atoms with Gasteiger partial charge in [-0.25, -0.2) is 0 Å². The zero-order chi connectivity index (χ0) is 21.5. The smallest absolute Gasteiger partial charge is 0.286 e. The number of imide groups is 1. The molecule has 0 spiro atoms. The second-order valence-electron chi connectivity index (χ2n) is 8.98. The number of nitrogens with zero attached hydrogens (tertiary/aromatic N) is 2. The molecule has 3 amide bonds. The van der Waals surface area contributed by atoms with Crippen molar-refractivity contribution >= 4 is 23.4 Å². The van der Waals surface area contributed by atoms with Gasteiger partial charge in [-0.3, -0.25) is 24.2 Å². The minimum Gasteiger partial charge on any atom is -0.286 e. The van der Waals surface area contributed by atoms with Crippen molar-refractivity contribution in [2.75, 3.05) is 11.6 Å². The number of hydrogen-bond donors (Lipinski definition) is 0. The molecular formula is C22H21F3N2O3. The Balaban J connectivity index is 1.49. The molecule has 2 saturated carbocycles. The third-order valence-corrected chi connectivity index (χ3v) is 7.04. The average Bonchev–Trinajstić information content (AvgIpc) is 3.44. The van der Waals surface area contributed by atoms with Crippen molar-refractivity contribution in [1.82, 2.24) is 4.90 Å². The van der Waals surface area contributed by atoms with E-state index in [-0.39, 0.29) is 17.5 Å². The number of likely N-dealkylation sites (tertiary alicyclic amines) is 1. The molecule has 1 aliphatic heterocycles. The van der Waals surface area contributed by atoms with Crippen LogP contribution in [0.4, 0.5) is 18.9 Å². The fraction of sp³-hybridized carbons (Fsp3) is 0.500. The Labute approximate surface area is 171 Å². The SMILES string of the molecule is Cc1cc(C)cc(N(CN2C(=O)[C@@H]3[C@H]4C=C[C@@H]([C@@H]5C[C@@H]45)[C@@H]3C2=O)C(=O)C(F)(F)F)c1. The van der Waals surface area contributed by atoms with Gasteiger partial charge in [-0.2, -0.15) is 13.2 Å². The van der Waals surface area contributed by atoms with Gasteiger partial charge in [-0.15, -0.1) is 0 Å². The number of aryl methyl sites for hydroxylation is 2. The van der Waals surface area contributed by atoms with Gasteiger partial charge in [0.15, 0.2) is 0 Å². The van der Waals surface area contributed by atoms with Crippen LogP contribution in [0.5, 0.6) is 0 Å². The fourth-order valence-electron chi connectivity index (χ4n) is 5.82. The molecule has 30 heavy (non-hydrogen) atoms. The maximum absolute atomic E-state index is 13.4. The van der Waals surface area contributed by atoms with Crippen molar-refractivity contribution in [3.63, 3.8) is 0 Å². The molecule has 1 aromatic rings. The molecule has 1 aromatic carbocycles. The third kappa shape index (κ3) is 2.72. The molecule has 5 nitrogen and oxygen atoms in total. The van der Waals surface area contributed by atoms with Crippen LogP contribution < -0.4 is 4.90 Å². The Morgan fingerprint density at radius 1 is 1.00 bits per heavy atom. The van der Waals surface area contributed by atoms with E-state index in [4.69, 9.17) is 0 Å². The fourth-order valence-corrected chi connectivity index (χ4v) is 5.82. The first-order valence-electron chi connectivity index (χ1n) is 10.1. The van der Waals surface area contributed by atoms with Gasteiger partial charge in [0.05, 0.1) is 11.8 Å². The van der Waals surface area contributed by atoms with Gasteiger partial charge in [0.25, 0.3) is 0 Å². The largest absolute Gasteiger partial charge is 0.471 e. The predicted octanol–water partition coefficient (Wildman–Crippen LogP) is 3.21. The van der Waals surface area contributed by atoms with E-state index in [1.54, 1.807) is 19.9 Å². The number of hydrogen-bond acceptors (Lipinski definition) is 3. The van der Waals surface area contributed by atoms with Gasteiger partial charge in [-0.1, -0.05) is 18.2 Å². The molecule has 0 aromatic heterocycles. The lowest BCUT2D eigenvalue weighted by molar-refractivity contribution is -0.171. The van der Waals surface area contributed by atoms with E-state index >= 15 is 0 Å². The van der Waals surface area contributed by atoms with Crippen LogP contribution in [0.2, 0.25) is 0 Å². The Hall–Kier alpha value is -2.64. The van der Waals surface area contributed by atoms with E-state index < -0.39 is 42.4 Å². The molecular weight excluding hydrogens is 397 g/mol. The maximum Gasteiger partial charge on any atom is 0.471 e. The summed E-state index contributed by atoms with van der Waals surface area (Å²) in [7, 11) is 0. The van der Waals surface area contributed by atoms with Crippen LogP contribution in [0, 0.1) is 49.4 Å². The van der Waals surface area contributed by atoms with E-state index in [0.29, 0.717) is 27.9 Å². The van der Waals surface area contributed by atoms with Gasteiger partial charge in [-0.05, 0) is 67.2 Å². The van der Waals surface area contributed by atoms with E-state index in [0.717, 1.165) is 11.3 Å². The van der Waals surface area contributed by atoms with E-state index in [1.807, 2.05) is 12.2 Å². The van der Waals surface area contributed by atoms with Crippen molar-refractivity contribution in [3.05, 3.63) is 41.5 Å². The Bertz CT molecular complexity index is 946. The second kappa shape index (κ2) is 6.18. The number of anilines is 1. The van der Waals surface area contributed by atoms with Crippen LogP contribution in [0.15, 0.2) is 30.4 Å². The van der Waals surface area contributed by atoms with Crippen LogP contribution in [0.3, 0.4) is 0 Å². The van der Waals surface area contributed by atoms with Crippen LogP contribution in [-0.2, 0) is 14.4 Å². The van der Waals surface area contributed by atoms with Crippen molar-refractivity contribution < 1.29 is 27.6 Å². The Morgan fingerprint density at radius 3 is 1.97 bits per heavy atom. The Morgan fingerprint density at radius 2 is 1.50 bits per heavy atom. The summed E-state index contributed by atoms with van der Waals surface area (Å²) < 4.78 is 40.1. The lowest BCUT2D eigenvalue weighted by Crippen LogP contribution is -2.49. The molecule has 2 bridgehead atoms. The number of carbonyl (C=O) groups is 3. The summed E-state index contributed by atoms with van der Waals surface area (Å²) in [6.07, 6.45) is -0.135. The number of halogens is 3. The van der Waals surface area contributed by atoms with E-state index in [2.05, 4.69) is 0 Å². The zero-order valence-electron chi connectivity index (χ0n) is 16.5. The topological polar surface area (TPSA) is 57.7 Å². The molecule has 5 aliphatic rings.